The fraction of sp³-hybridized carbons (Fsp3) is 1.00. The molecule has 2 atom stereocenters. The second-order valence-corrected chi connectivity index (χ2v) is 4.61. The average Bonchev–Trinajstić information content (AvgIpc) is 2.21. The van der Waals surface area contributed by atoms with Crippen molar-refractivity contribution in [3.63, 3.8) is 0 Å². The maximum Gasteiger partial charge on any atom is 0.327 e. The standard InChI is InChI=1S/C8H17O3P.2C2H6/c1-6-3-7(2)5-8(4-6)11-12(9)10;2*1-2/h6-10H,3-5H2,1-2H3;2*1-2H3. The van der Waals surface area contributed by atoms with E-state index in [0.717, 1.165) is 12.8 Å². The lowest BCUT2D eigenvalue weighted by atomic mass is 9.82. The van der Waals surface area contributed by atoms with E-state index in [1.54, 1.807) is 0 Å². The van der Waals surface area contributed by atoms with Crippen LogP contribution in [0.2, 0.25) is 0 Å². The zero-order valence-corrected chi connectivity index (χ0v) is 12.5. The van der Waals surface area contributed by atoms with Gasteiger partial charge >= 0.3 is 8.60 Å². The van der Waals surface area contributed by atoms with Crippen LogP contribution in [-0.4, -0.2) is 15.9 Å². The van der Waals surface area contributed by atoms with Gasteiger partial charge in [0.25, 0.3) is 0 Å². The van der Waals surface area contributed by atoms with Gasteiger partial charge in [0.2, 0.25) is 0 Å². The predicted molar refractivity (Wildman–Crippen MR) is 71.1 cm³/mol. The van der Waals surface area contributed by atoms with Crippen LogP contribution in [0, 0.1) is 11.8 Å². The van der Waals surface area contributed by atoms with Crippen molar-refractivity contribution in [3.8, 4) is 0 Å². The van der Waals surface area contributed by atoms with Crippen molar-refractivity contribution in [2.75, 3.05) is 0 Å². The van der Waals surface area contributed by atoms with Crippen LogP contribution < -0.4 is 0 Å². The molecule has 0 aromatic heterocycles. The first-order valence-corrected chi connectivity index (χ1v) is 7.59. The molecule has 2 N–H and O–H groups in total. The lowest BCUT2D eigenvalue weighted by Gasteiger charge is -2.31. The molecule has 0 saturated heterocycles. The van der Waals surface area contributed by atoms with Crippen molar-refractivity contribution in [3.05, 3.63) is 0 Å². The lowest BCUT2D eigenvalue weighted by Crippen LogP contribution is -2.24. The van der Waals surface area contributed by atoms with Crippen LogP contribution in [0.25, 0.3) is 0 Å². The monoisotopic (exact) mass is 252 g/mol. The van der Waals surface area contributed by atoms with Crippen LogP contribution in [0.15, 0.2) is 0 Å². The van der Waals surface area contributed by atoms with Crippen molar-refractivity contribution >= 4 is 8.60 Å². The molecule has 0 radical (unpaired) electrons. The molecule has 0 amide bonds. The summed E-state index contributed by atoms with van der Waals surface area (Å²) in [5.41, 5.74) is 0. The van der Waals surface area contributed by atoms with Gasteiger partial charge in [0.15, 0.2) is 0 Å². The highest BCUT2D eigenvalue weighted by atomic mass is 31.2. The van der Waals surface area contributed by atoms with Crippen LogP contribution >= 0.6 is 8.60 Å². The summed E-state index contributed by atoms with van der Waals surface area (Å²) in [4.78, 5) is 17.4. The fourth-order valence-electron chi connectivity index (χ4n) is 2.09. The van der Waals surface area contributed by atoms with Gasteiger partial charge < -0.3 is 14.3 Å². The first kappa shape index (κ1) is 18.7. The molecule has 3 nitrogen and oxygen atoms in total. The Morgan fingerprint density at radius 2 is 1.25 bits per heavy atom. The van der Waals surface area contributed by atoms with Crippen LogP contribution in [0.5, 0.6) is 0 Å². The van der Waals surface area contributed by atoms with Crippen molar-refractivity contribution in [2.24, 2.45) is 11.8 Å². The van der Waals surface area contributed by atoms with E-state index in [4.69, 9.17) is 14.3 Å². The molecule has 2 unspecified atom stereocenters. The number of hydrogen-bond donors (Lipinski definition) is 2. The summed E-state index contributed by atoms with van der Waals surface area (Å²) < 4.78 is 5.01. The summed E-state index contributed by atoms with van der Waals surface area (Å²) in [6.07, 6.45) is 3.22. The van der Waals surface area contributed by atoms with E-state index in [1.807, 2.05) is 27.7 Å². The van der Waals surface area contributed by atoms with Crippen LogP contribution in [0.4, 0.5) is 0 Å². The molecule has 1 fully saturated rings. The Morgan fingerprint density at radius 3 is 1.56 bits per heavy atom. The Bertz CT molecular complexity index is 129. The molecule has 1 aliphatic carbocycles. The first-order valence-electron chi connectivity index (χ1n) is 6.42. The van der Waals surface area contributed by atoms with Gasteiger partial charge in [-0.2, -0.15) is 0 Å². The Hall–Kier alpha value is 0.310. The molecule has 1 aliphatic rings. The molecule has 0 heterocycles. The highest BCUT2D eigenvalue weighted by Gasteiger charge is 2.26. The lowest BCUT2D eigenvalue weighted by molar-refractivity contribution is 0.0879. The molecule has 0 bridgehead atoms. The normalized spacial score (nSPS) is 28.7. The largest absolute Gasteiger partial charge is 0.328 e. The van der Waals surface area contributed by atoms with E-state index in [2.05, 4.69) is 13.8 Å². The number of rotatable bonds is 2. The van der Waals surface area contributed by atoms with Crippen LogP contribution in [-0.2, 0) is 4.52 Å². The summed E-state index contributed by atoms with van der Waals surface area (Å²) in [5, 5.41) is 0. The van der Waals surface area contributed by atoms with E-state index < -0.39 is 8.60 Å². The van der Waals surface area contributed by atoms with Gasteiger partial charge in [-0.1, -0.05) is 41.5 Å². The van der Waals surface area contributed by atoms with Gasteiger partial charge in [0.05, 0.1) is 6.10 Å². The maximum absolute atomic E-state index is 8.68. The van der Waals surface area contributed by atoms with Gasteiger partial charge in [-0.15, -0.1) is 0 Å². The number of hydrogen-bond acceptors (Lipinski definition) is 3. The van der Waals surface area contributed by atoms with Crippen molar-refractivity contribution in [1.29, 1.82) is 0 Å². The maximum atomic E-state index is 8.68. The van der Waals surface area contributed by atoms with Crippen LogP contribution in [0.3, 0.4) is 0 Å². The van der Waals surface area contributed by atoms with E-state index in [1.165, 1.54) is 6.42 Å². The minimum absolute atomic E-state index is 0.0601. The molecule has 16 heavy (non-hydrogen) atoms. The third-order valence-corrected chi connectivity index (χ3v) is 2.87. The molecule has 4 heteroatoms. The second kappa shape index (κ2) is 11.8. The predicted octanol–water partition coefficient (Wildman–Crippen LogP) is 4.09. The minimum atomic E-state index is -2.16. The van der Waals surface area contributed by atoms with Crippen molar-refractivity contribution in [2.45, 2.75) is 66.9 Å². The Morgan fingerprint density at radius 1 is 0.875 bits per heavy atom. The molecular formula is C12H29O3P. The smallest absolute Gasteiger partial charge is 0.327 e. The quantitative estimate of drug-likeness (QED) is 0.728. The van der Waals surface area contributed by atoms with Crippen molar-refractivity contribution < 1.29 is 14.3 Å². The molecule has 0 aromatic carbocycles. The summed E-state index contributed by atoms with van der Waals surface area (Å²) in [6.45, 7) is 12.4. The second-order valence-electron chi connectivity index (χ2n) is 3.90. The zero-order chi connectivity index (χ0) is 13.1. The van der Waals surface area contributed by atoms with Crippen molar-refractivity contribution in [1.82, 2.24) is 0 Å². The third-order valence-electron chi connectivity index (χ3n) is 2.38. The molecule has 1 rings (SSSR count). The Balaban J connectivity index is 0. The SMILES string of the molecule is CC.CC.CC1CC(C)CC(OP(O)O)C1. The molecule has 0 aromatic rings. The van der Waals surface area contributed by atoms with E-state index in [0.29, 0.717) is 11.8 Å². The molecule has 100 valence electrons. The fourth-order valence-corrected chi connectivity index (χ4v) is 2.53. The minimum Gasteiger partial charge on any atom is -0.328 e. The topological polar surface area (TPSA) is 49.7 Å². The third kappa shape index (κ3) is 9.53. The summed E-state index contributed by atoms with van der Waals surface area (Å²) in [5.74, 6) is 1.29. The van der Waals surface area contributed by atoms with Crippen LogP contribution in [0.1, 0.15) is 60.8 Å². The summed E-state index contributed by atoms with van der Waals surface area (Å²) in [6, 6.07) is 0. The summed E-state index contributed by atoms with van der Waals surface area (Å²) in [7, 11) is -2.16. The van der Waals surface area contributed by atoms with Gasteiger partial charge in [-0.25, -0.2) is 0 Å². The van der Waals surface area contributed by atoms with Gasteiger partial charge in [-0.3, -0.25) is 0 Å². The highest BCUT2D eigenvalue weighted by molar-refractivity contribution is 7.39. The van der Waals surface area contributed by atoms with E-state index in [9.17, 15) is 0 Å². The first-order chi connectivity index (χ1) is 7.58. The molecular weight excluding hydrogens is 223 g/mol. The molecule has 0 spiro atoms. The Kier molecular flexibility index (Phi) is 13.8. The van der Waals surface area contributed by atoms with Gasteiger partial charge in [0.1, 0.15) is 0 Å². The zero-order valence-electron chi connectivity index (χ0n) is 11.6. The Labute approximate surface area is 102 Å². The summed E-state index contributed by atoms with van der Waals surface area (Å²) >= 11 is 0. The van der Waals surface area contributed by atoms with E-state index in [-0.39, 0.29) is 6.10 Å². The van der Waals surface area contributed by atoms with Gasteiger partial charge in [0, 0.05) is 0 Å². The highest BCUT2D eigenvalue weighted by Crippen LogP contribution is 2.37. The molecule has 0 aliphatic heterocycles. The average molecular weight is 252 g/mol. The van der Waals surface area contributed by atoms with Gasteiger partial charge in [-0.05, 0) is 31.1 Å². The molecule has 1 saturated carbocycles. The van der Waals surface area contributed by atoms with E-state index >= 15 is 0 Å².